The van der Waals surface area contributed by atoms with Crippen molar-refractivity contribution in [2.24, 2.45) is 5.92 Å². The highest BCUT2D eigenvalue weighted by Gasteiger charge is 2.22. The number of aryl methyl sites for hydroxylation is 1. The van der Waals surface area contributed by atoms with Crippen molar-refractivity contribution in [3.63, 3.8) is 0 Å². The molecule has 25 heavy (non-hydrogen) atoms. The highest BCUT2D eigenvalue weighted by molar-refractivity contribution is 5.84. The molecule has 0 aliphatic heterocycles. The standard InChI is InChI=1S/C24H33F/c1-3-5-6-8-20-13-14-22-17-21(15-16-23(22)24(20)25)19-11-9-18(7-4-2)10-12-19/h13-19H,3-12H2,1-2H3. The Morgan fingerprint density at radius 3 is 2.44 bits per heavy atom. The minimum absolute atomic E-state index is 0.00630. The summed E-state index contributed by atoms with van der Waals surface area (Å²) in [5.41, 5.74) is 2.30. The van der Waals surface area contributed by atoms with Gasteiger partial charge < -0.3 is 0 Å². The molecule has 1 saturated carbocycles. The van der Waals surface area contributed by atoms with Crippen molar-refractivity contribution in [1.29, 1.82) is 0 Å². The van der Waals surface area contributed by atoms with Gasteiger partial charge in [-0.3, -0.25) is 0 Å². The van der Waals surface area contributed by atoms with E-state index in [1.165, 1.54) is 56.9 Å². The summed E-state index contributed by atoms with van der Waals surface area (Å²) in [5, 5.41) is 1.88. The quantitative estimate of drug-likeness (QED) is 0.451. The highest BCUT2D eigenvalue weighted by Crippen LogP contribution is 2.38. The average molecular weight is 341 g/mol. The molecule has 1 heteroatoms. The van der Waals surface area contributed by atoms with Crippen molar-refractivity contribution < 1.29 is 4.39 Å². The van der Waals surface area contributed by atoms with Crippen LogP contribution < -0.4 is 0 Å². The molecule has 0 unspecified atom stereocenters. The fourth-order valence-electron chi connectivity index (χ4n) is 4.56. The maximum Gasteiger partial charge on any atom is 0.134 e. The lowest BCUT2D eigenvalue weighted by atomic mass is 9.77. The Bertz CT molecular complexity index is 680. The summed E-state index contributed by atoms with van der Waals surface area (Å²) in [7, 11) is 0. The van der Waals surface area contributed by atoms with Gasteiger partial charge in [-0.05, 0) is 66.9 Å². The molecule has 0 N–H and O–H groups in total. The molecule has 0 amide bonds. The Morgan fingerprint density at radius 1 is 0.920 bits per heavy atom. The average Bonchev–Trinajstić information content (AvgIpc) is 2.64. The van der Waals surface area contributed by atoms with E-state index in [1.54, 1.807) is 0 Å². The summed E-state index contributed by atoms with van der Waals surface area (Å²) < 4.78 is 14.8. The summed E-state index contributed by atoms with van der Waals surface area (Å²) in [6, 6.07) is 10.6. The molecule has 1 fully saturated rings. The molecule has 3 rings (SSSR count). The summed E-state index contributed by atoms with van der Waals surface area (Å²) in [6.45, 7) is 4.48. The Kier molecular flexibility index (Phi) is 6.51. The first-order chi connectivity index (χ1) is 12.2. The van der Waals surface area contributed by atoms with Gasteiger partial charge >= 0.3 is 0 Å². The van der Waals surface area contributed by atoms with Crippen LogP contribution in [-0.4, -0.2) is 0 Å². The second-order valence-corrected chi connectivity index (χ2v) is 7.98. The van der Waals surface area contributed by atoms with E-state index in [1.807, 2.05) is 12.1 Å². The topological polar surface area (TPSA) is 0 Å². The maximum atomic E-state index is 14.8. The molecule has 2 aromatic carbocycles. The second-order valence-electron chi connectivity index (χ2n) is 7.98. The van der Waals surface area contributed by atoms with Gasteiger partial charge in [0.2, 0.25) is 0 Å². The zero-order valence-electron chi connectivity index (χ0n) is 16.0. The molecule has 0 aromatic heterocycles. The molecule has 0 saturated heterocycles. The molecule has 1 aliphatic rings. The van der Waals surface area contributed by atoms with Gasteiger partial charge in [-0.25, -0.2) is 4.39 Å². The van der Waals surface area contributed by atoms with Crippen molar-refractivity contribution >= 4 is 10.8 Å². The molecule has 0 radical (unpaired) electrons. The van der Waals surface area contributed by atoms with Crippen LogP contribution in [0.4, 0.5) is 4.39 Å². The molecular weight excluding hydrogens is 307 g/mol. The summed E-state index contributed by atoms with van der Waals surface area (Å²) >= 11 is 0. The Balaban J connectivity index is 1.73. The van der Waals surface area contributed by atoms with Crippen LogP contribution in [0, 0.1) is 11.7 Å². The zero-order chi connectivity index (χ0) is 17.6. The van der Waals surface area contributed by atoms with Gasteiger partial charge in [-0.15, -0.1) is 0 Å². The van der Waals surface area contributed by atoms with Crippen molar-refractivity contribution in [3.05, 3.63) is 47.3 Å². The Hall–Kier alpha value is -1.37. The first-order valence-corrected chi connectivity index (χ1v) is 10.4. The van der Waals surface area contributed by atoms with Crippen molar-refractivity contribution in [3.8, 4) is 0 Å². The van der Waals surface area contributed by atoms with Crippen LogP contribution in [0.1, 0.15) is 88.7 Å². The molecule has 136 valence electrons. The monoisotopic (exact) mass is 340 g/mol. The van der Waals surface area contributed by atoms with Crippen molar-refractivity contribution in [2.75, 3.05) is 0 Å². The molecule has 0 atom stereocenters. The number of hydrogen-bond donors (Lipinski definition) is 0. The van der Waals surface area contributed by atoms with Gasteiger partial charge in [-0.2, -0.15) is 0 Å². The lowest BCUT2D eigenvalue weighted by Gasteiger charge is -2.28. The smallest absolute Gasteiger partial charge is 0.134 e. The summed E-state index contributed by atoms with van der Waals surface area (Å²) in [4.78, 5) is 0. The third-order valence-corrected chi connectivity index (χ3v) is 6.12. The lowest BCUT2D eigenvalue weighted by molar-refractivity contribution is 0.308. The van der Waals surface area contributed by atoms with E-state index in [0.717, 1.165) is 35.1 Å². The first kappa shape index (κ1) is 18.4. The fraction of sp³-hybridized carbons (Fsp3) is 0.583. The fourth-order valence-corrected chi connectivity index (χ4v) is 4.56. The zero-order valence-corrected chi connectivity index (χ0v) is 16.0. The largest absolute Gasteiger partial charge is 0.206 e. The third-order valence-electron chi connectivity index (χ3n) is 6.12. The summed E-state index contributed by atoms with van der Waals surface area (Å²) in [5.74, 6) is 1.61. The van der Waals surface area contributed by atoms with Crippen LogP contribution in [0.2, 0.25) is 0 Å². The Morgan fingerprint density at radius 2 is 1.72 bits per heavy atom. The first-order valence-electron chi connectivity index (χ1n) is 10.4. The molecule has 1 aliphatic carbocycles. The number of fused-ring (bicyclic) bond motifs is 1. The van der Waals surface area contributed by atoms with Gasteiger partial charge in [0.05, 0.1) is 0 Å². The van der Waals surface area contributed by atoms with Gasteiger partial charge in [0.1, 0.15) is 5.82 Å². The van der Waals surface area contributed by atoms with Gasteiger partial charge in [0.15, 0.2) is 0 Å². The van der Waals surface area contributed by atoms with E-state index >= 15 is 0 Å². The molecule has 2 aromatic rings. The molecule has 0 spiro atoms. The minimum Gasteiger partial charge on any atom is -0.206 e. The van der Waals surface area contributed by atoms with E-state index in [-0.39, 0.29) is 5.82 Å². The number of benzene rings is 2. The lowest BCUT2D eigenvalue weighted by Crippen LogP contribution is -2.13. The number of hydrogen-bond acceptors (Lipinski definition) is 0. The molecule has 0 heterocycles. The number of unbranched alkanes of at least 4 members (excludes halogenated alkanes) is 2. The molecular formula is C24H33F. The van der Waals surface area contributed by atoms with Gasteiger partial charge in [-0.1, -0.05) is 69.9 Å². The van der Waals surface area contributed by atoms with Crippen molar-refractivity contribution in [1.82, 2.24) is 0 Å². The maximum absolute atomic E-state index is 14.8. The van der Waals surface area contributed by atoms with Crippen LogP contribution in [0.25, 0.3) is 10.8 Å². The number of halogens is 1. The SMILES string of the molecule is CCCCCc1ccc2cc(C3CCC(CCC)CC3)ccc2c1F. The van der Waals surface area contributed by atoms with Crippen LogP contribution in [0.5, 0.6) is 0 Å². The second kappa shape index (κ2) is 8.83. The van der Waals surface area contributed by atoms with Crippen LogP contribution in [0.3, 0.4) is 0 Å². The Labute approximate surface area is 152 Å². The van der Waals surface area contributed by atoms with E-state index < -0.39 is 0 Å². The highest BCUT2D eigenvalue weighted by atomic mass is 19.1. The predicted molar refractivity (Wildman–Crippen MR) is 107 cm³/mol. The van der Waals surface area contributed by atoms with E-state index in [2.05, 4.69) is 32.0 Å². The third kappa shape index (κ3) is 4.43. The van der Waals surface area contributed by atoms with E-state index in [4.69, 9.17) is 0 Å². The van der Waals surface area contributed by atoms with Gasteiger partial charge in [0.25, 0.3) is 0 Å². The minimum atomic E-state index is 0.00630. The van der Waals surface area contributed by atoms with Crippen LogP contribution in [-0.2, 0) is 6.42 Å². The van der Waals surface area contributed by atoms with Crippen molar-refractivity contribution in [2.45, 2.75) is 84.0 Å². The van der Waals surface area contributed by atoms with E-state index in [9.17, 15) is 4.39 Å². The van der Waals surface area contributed by atoms with E-state index in [0.29, 0.717) is 5.92 Å². The predicted octanol–water partition coefficient (Wildman–Crippen LogP) is 7.79. The molecule has 0 nitrogen and oxygen atoms in total. The number of rotatable bonds is 7. The van der Waals surface area contributed by atoms with Crippen LogP contribution in [0.15, 0.2) is 30.3 Å². The van der Waals surface area contributed by atoms with Gasteiger partial charge in [0, 0.05) is 5.39 Å². The van der Waals surface area contributed by atoms with Crippen LogP contribution >= 0.6 is 0 Å². The molecule has 0 bridgehead atoms. The normalized spacial score (nSPS) is 20.9. The summed E-state index contributed by atoms with van der Waals surface area (Å²) in [6.07, 6.45) is 12.3.